The predicted octanol–water partition coefficient (Wildman–Crippen LogP) is 2.84. The fourth-order valence-electron chi connectivity index (χ4n) is 0.186. The Balaban J connectivity index is 4.02. The second kappa shape index (κ2) is 4.08. The van der Waals surface area contributed by atoms with Crippen molar-refractivity contribution < 1.29 is 17.6 Å². The zero-order valence-corrected chi connectivity index (χ0v) is 6.33. The monoisotopic (exact) mass is 254 g/mol. The Kier molecular flexibility index (Phi) is 4.16. The van der Waals surface area contributed by atoms with E-state index in [0.29, 0.717) is 0 Å². The Bertz CT molecular complexity index is 118. The number of hydrogen-bond donors (Lipinski definition) is 0. The van der Waals surface area contributed by atoms with Crippen LogP contribution in [0.15, 0.2) is 11.9 Å². The molecule has 0 aromatic carbocycles. The van der Waals surface area contributed by atoms with E-state index in [2.05, 4.69) is 0 Å². The molecule has 0 heterocycles. The first kappa shape index (κ1) is 9.19. The van der Waals surface area contributed by atoms with E-state index >= 15 is 0 Å². The maximum Gasteiger partial charge on any atom is 0.304 e. The summed E-state index contributed by atoms with van der Waals surface area (Å²) in [6.45, 7) is 0. The van der Waals surface area contributed by atoms with Crippen molar-refractivity contribution in [3.05, 3.63) is 11.9 Å². The molecule has 0 saturated heterocycles. The van der Waals surface area contributed by atoms with E-state index in [1.807, 2.05) is 0 Å². The molecule has 0 bridgehead atoms. The van der Waals surface area contributed by atoms with Gasteiger partial charge in [0.1, 0.15) is 0 Å². The molecule has 0 aliphatic carbocycles. The molecule has 0 rings (SSSR count). The van der Waals surface area contributed by atoms with Crippen LogP contribution in [0.25, 0.3) is 0 Å². The number of hydrogen-bond acceptors (Lipinski definition) is 0. The van der Waals surface area contributed by atoms with Gasteiger partial charge in [0.2, 0.25) is 0 Å². The molecule has 0 spiro atoms. The van der Waals surface area contributed by atoms with Crippen LogP contribution in [-0.4, -0.2) is 10.6 Å². The van der Waals surface area contributed by atoms with E-state index in [1.165, 1.54) is 22.6 Å². The van der Waals surface area contributed by atoms with Gasteiger partial charge >= 0.3 is 6.08 Å². The molecule has 54 valence electrons. The van der Waals surface area contributed by atoms with Crippen LogP contribution in [-0.2, 0) is 0 Å². The third-order valence-corrected chi connectivity index (χ3v) is 1.36. The largest absolute Gasteiger partial charge is 0.304 e. The minimum absolute atomic E-state index is 0.291. The van der Waals surface area contributed by atoms with Crippen LogP contribution >= 0.6 is 22.6 Å². The first-order valence-electron chi connectivity index (χ1n) is 2.00. The lowest BCUT2D eigenvalue weighted by Gasteiger charge is -1.96. The van der Waals surface area contributed by atoms with Gasteiger partial charge in [-0.15, -0.1) is 0 Å². The van der Waals surface area contributed by atoms with Gasteiger partial charge in [-0.3, -0.25) is 0 Å². The fourth-order valence-corrected chi connectivity index (χ4v) is 0.573. The molecule has 0 aromatic rings. The number of rotatable bonds is 2. The molecular formula is C4H3F4I. The molecule has 0 aliphatic rings. The highest BCUT2D eigenvalue weighted by Crippen LogP contribution is 2.17. The molecule has 0 fully saturated rings. The van der Waals surface area contributed by atoms with Crippen molar-refractivity contribution in [3.63, 3.8) is 0 Å². The normalized spacial score (nSPS) is 13.0. The topological polar surface area (TPSA) is 0 Å². The SMILES string of the molecule is FC(F)=C(F)C(F)CI. The van der Waals surface area contributed by atoms with Gasteiger partial charge in [-0.2, -0.15) is 8.78 Å². The average Bonchev–Trinajstić information content (AvgIpc) is 1.84. The summed E-state index contributed by atoms with van der Waals surface area (Å²) in [7, 11) is 0. The van der Waals surface area contributed by atoms with Crippen molar-refractivity contribution in [1.82, 2.24) is 0 Å². The predicted molar refractivity (Wildman–Crippen MR) is 34.1 cm³/mol. The Hall–Kier alpha value is 0.190. The van der Waals surface area contributed by atoms with Gasteiger partial charge in [-0.25, -0.2) is 8.78 Å². The highest BCUT2D eigenvalue weighted by molar-refractivity contribution is 14.1. The van der Waals surface area contributed by atoms with Crippen molar-refractivity contribution in [2.75, 3.05) is 4.43 Å². The Labute approximate surface area is 63.1 Å². The maximum atomic E-state index is 11.9. The summed E-state index contributed by atoms with van der Waals surface area (Å²) in [6.07, 6.45) is -4.73. The van der Waals surface area contributed by atoms with Crippen LogP contribution < -0.4 is 0 Å². The third kappa shape index (κ3) is 3.02. The molecule has 0 amide bonds. The summed E-state index contributed by atoms with van der Waals surface area (Å²) in [5.74, 6) is -1.95. The number of alkyl halides is 2. The van der Waals surface area contributed by atoms with E-state index in [4.69, 9.17) is 0 Å². The minimum atomic E-state index is -2.57. The number of halogens is 5. The van der Waals surface area contributed by atoms with E-state index in [1.54, 1.807) is 0 Å². The zero-order chi connectivity index (χ0) is 7.44. The molecule has 5 heteroatoms. The smallest absolute Gasteiger partial charge is 0.239 e. The summed E-state index contributed by atoms with van der Waals surface area (Å²) in [6, 6.07) is 0. The van der Waals surface area contributed by atoms with Gasteiger partial charge < -0.3 is 0 Å². The Morgan fingerprint density at radius 3 is 1.89 bits per heavy atom. The first-order valence-corrected chi connectivity index (χ1v) is 3.52. The average molecular weight is 254 g/mol. The van der Waals surface area contributed by atoms with Crippen molar-refractivity contribution in [2.45, 2.75) is 6.17 Å². The second-order valence-electron chi connectivity index (χ2n) is 1.23. The number of allylic oxidation sites excluding steroid dienone is 1. The summed E-state index contributed by atoms with van der Waals surface area (Å²) < 4.78 is 45.5. The van der Waals surface area contributed by atoms with Crippen molar-refractivity contribution in [1.29, 1.82) is 0 Å². The standard InChI is InChI=1S/C4H3F4I/c5-2(1-9)3(6)4(7)8/h2H,1H2. The van der Waals surface area contributed by atoms with E-state index in [-0.39, 0.29) is 4.43 Å². The summed E-state index contributed by atoms with van der Waals surface area (Å²) in [4.78, 5) is 0. The molecule has 1 unspecified atom stereocenters. The van der Waals surface area contributed by atoms with Crippen LogP contribution in [0, 0.1) is 0 Å². The van der Waals surface area contributed by atoms with Gasteiger partial charge in [0, 0.05) is 4.43 Å². The van der Waals surface area contributed by atoms with Crippen LogP contribution in [0.5, 0.6) is 0 Å². The third-order valence-electron chi connectivity index (χ3n) is 0.591. The molecule has 0 N–H and O–H groups in total. The molecule has 0 saturated carbocycles. The van der Waals surface area contributed by atoms with Gasteiger partial charge in [0.25, 0.3) is 0 Å². The highest BCUT2D eigenvalue weighted by Gasteiger charge is 2.16. The van der Waals surface area contributed by atoms with Gasteiger partial charge in [0.15, 0.2) is 12.0 Å². The van der Waals surface area contributed by atoms with E-state index < -0.39 is 18.1 Å². The van der Waals surface area contributed by atoms with Crippen molar-refractivity contribution >= 4 is 22.6 Å². The molecule has 1 atom stereocenters. The van der Waals surface area contributed by atoms with Crippen LogP contribution in [0.2, 0.25) is 0 Å². The molecule has 0 nitrogen and oxygen atoms in total. The van der Waals surface area contributed by atoms with E-state index in [0.717, 1.165) is 0 Å². The molecule has 0 aliphatic heterocycles. The second-order valence-corrected chi connectivity index (χ2v) is 2.11. The lowest BCUT2D eigenvalue weighted by atomic mass is 10.4. The van der Waals surface area contributed by atoms with Gasteiger partial charge in [0.05, 0.1) is 0 Å². The summed E-state index contributed by atoms with van der Waals surface area (Å²) in [5.41, 5.74) is 0. The fraction of sp³-hybridized carbons (Fsp3) is 0.500. The van der Waals surface area contributed by atoms with E-state index in [9.17, 15) is 17.6 Å². The Morgan fingerprint density at radius 1 is 1.33 bits per heavy atom. The Morgan fingerprint density at radius 2 is 1.78 bits per heavy atom. The van der Waals surface area contributed by atoms with Gasteiger partial charge in [-0.05, 0) is 0 Å². The molecular weight excluding hydrogens is 251 g/mol. The first-order chi connectivity index (χ1) is 4.09. The van der Waals surface area contributed by atoms with Crippen LogP contribution in [0.4, 0.5) is 17.6 Å². The summed E-state index contributed by atoms with van der Waals surface area (Å²) in [5, 5.41) is 0. The quantitative estimate of drug-likeness (QED) is 0.403. The molecule has 0 aromatic heterocycles. The van der Waals surface area contributed by atoms with Crippen molar-refractivity contribution in [3.8, 4) is 0 Å². The highest BCUT2D eigenvalue weighted by atomic mass is 127. The lowest BCUT2D eigenvalue weighted by molar-refractivity contribution is 0.301. The molecule has 9 heavy (non-hydrogen) atoms. The van der Waals surface area contributed by atoms with Gasteiger partial charge in [-0.1, -0.05) is 22.6 Å². The van der Waals surface area contributed by atoms with Crippen LogP contribution in [0.3, 0.4) is 0 Å². The zero-order valence-electron chi connectivity index (χ0n) is 4.17. The van der Waals surface area contributed by atoms with Crippen molar-refractivity contribution in [2.24, 2.45) is 0 Å². The maximum absolute atomic E-state index is 11.9. The molecule has 0 radical (unpaired) electrons. The summed E-state index contributed by atoms with van der Waals surface area (Å²) >= 11 is 1.48. The van der Waals surface area contributed by atoms with Crippen LogP contribution in [0.1, 0.15) is 0 Å². The minimum Gasteiger partial charge on any atom is -0.239 e. The lowest BCUT2D eigenvalue weighted by Crippen LogP contribution is -2.01.